The number of nitrogens with two attached hydrogens (primary N) is 1. The Kier molecular flexibility index (Phi) is 29.5. The van der Waals surface area contributed by atoms with E-state index in [1.165, 1.54) is 6.92 Å². The molecule has 0 aromatic rings. The lowest BCUT2D eigenvalue weighted by atomic mass is 9.98. The van der Waals surface area contributed by atoms with Gasteiger partial charge in [0, 0.05) is 6.92 Å². The highest BCUT2D eigenvalue weighted by Gasteiger charge is 2.43. The van der Waals surface area contributed by atoms with Gasteiger partial charge in [-0.1, -0.05) is 0 Å². The van der Waals surface area contributed by atoms with Crippen LogP contribution >= 0.6 is 0 Å². The first-order valence-electron chi connectivity index (χ1n) is 8.71. The fourth-order valence-electron chi connectivity index (χ4n) is 1.37. The minimum Gasteiger partial charge on any atom is -0.434 e. The number of hydrogen-bond donors (Lipinski definition) is 16. The zero-order chi connectivity index (χ0) is 38.6. The quantitative estimate of drug-likeness (QED) is 0.0910. The lowest BCUT2D eigenvalue weighted by Crippen LogP contribution is -2.62. The van der Waals surface area contributed by atoms with Gasteiger partial charge in [-0.05, 0) is 0 Å². The summed E-state index contributed by atoms with van der Waals surface area (Å²) < 4.78 is 199. The Morgan fingerprint density at radius 1 is 0.578 bits per heavy atom. The molecular formula is C8H27NO30S6. The maximum atomic E-state index is 10.7. The average molecular weight is 810 g/mol. The zero-order valence-electron chi connectivity index (χ0n) is 21.0. The Morgan fingerprint density at radius 3 is 0.933 bits per heavy atom. The van der Waals surface area contributed by atoms with Gasteiger partial charge in [0.25, 0.3) is 0 Å². The summed E-state index contributed by atoms with van der Waals surface area (Å²) in [5.41, 5.74) is 5.48. The highest BCUT2D eigenvalue weighted by atomic mass is 32.3. The van der Waals surface area contributed by atoms with Crippen LogP contribution in [0.15, 0.2) is 0 Å². The smallest absolute Gasteiger partial charge is 0.394 e. The van der Waals surface area contributed by atoms with Crippen molar-refractivity contribution < 1.29 is 135 Å². The van der Waals surface area contributed by atoms with E-state index in [0.29, 0.717) is 0 Å². The summed E-state index contributed by atoms with van der Waals surface area (Å²) in [5, 5.41) is 27.7. The zero-order valence-corrected chi connectivity index (χ0v) is 25.9. The summed E-state index contributed by atoms with van der Waals surface area (Å²) >= 11 is 0. The summed E-state index contributed by atoms with van der Waals surface area (Å²) in [7, 11) is -28.0. The normalized spacial score (nSPS) is 21.5. The lowest BCUT2D eigenvalue weighted by molar-refractivity contribution is -0.258. The first-order chi connectivity index (χ1) is 19.0. The van der Waals surface area contributed by atoms with E-state index in [1.54, 1.807) is 0 Å². The third kappa shape index (κ3) is 116. The number of aliphatic hydroxyl groups excluding tert-OH is 3. The van der Waals surface area contributed by atoms with Crippen LogP contribution < -0.4 is 5.73 Å². The monoisotopic (exact) mass is 809 g/mol. The molecule has 1 aliphatic rings. The van der Waals surface area contributed by atoms with Crippen LogP contribution in [0.4, 0.5) is 0 Å². The molecule has 1 unspecified atom stereocenters. The van der Waals surface area contributed by atoms with E-state index >= 15 is 0 Å². The second-order valence-corrected chi connectivity index (χ2v) is 11.5. The Morgan fingerprint density at radius 2 is 0.778 bits per heavy atom. The topological polar surface area (TPSA) is 570 Å². The number of esters is 1. The molecule has 0 aliphatic carbocycles. The van der Waals surface area contributed by atoms with Crippen LogP contribution in [0.3, 0.4) is 0 Å². The number of aliphatic hydroxyl groups is 3. The van der Waals surface area contributed by atoms with Gasteiger partial charge in [-0.25, -0.2) is 0 Å². The molecule has 1 heterocycles. The molecule has 0 amide bonds. The van der Waals surface area contributed by atoms with Crippen molar-refractivity contribution in [1.82, 2.24) is 0 Å². The summed E-state index contributed by atoms with van der Waals surface area (Å²) in [6.07, 6.45) is -4.76. The highest BCUT2D eigenvalue weighted by Crippen LogP contribution is 2.20. The molecule has 0 saturated carbocycles. The summed E-state index contributed by atoms with van der Waals surface area (Å²) in [5.74, 6) is -0.615. The van der Waals surface area contributed by atoms with Crippen LogP contribution in [0, 0.1) is 0 Å². The number of ether oxygens (including phenoxy) is 2. The number of rotatable bonds is 2. The number of hydrogen-bond acceptors (Lipinski definition) is 19. The number of carbonyl (C=O) groups excluding carboxylic acids is 1. The Hall–Kier alpha value is -1.51. The molecule has 1 saturated heterocycles. The van der Waals surface area contributed by atoms with Crippen LogP contribution in [0.1, 0.15) is 6.92 Å². The van der Waals surface area contributed by atoms with Gasteiger partial charge in [0.1, 0.15) is 18.3 Å². The predicted molar refractivity (Wildman–Crippen MR) is 133 cm³/mol. The predicted octanol–water partition coefficient (Wildman–Crippen LogP) is -6.60. The molecule has 1 fully saturated rings. The van der Waals surface area contributed by atoms with Crippen molar-refractivity contribution in [3.05, 3.63) is 0 Å². The van der Waals surface area contributed by atoms with Gasteiger partial charge in [0.15, 0.2) is 0 Å². The first kappa shape index (κ1) is 55.9. The second kappa shape index (κ2) is 23.8. The molecule has 0 aromatic carbocycles. The van der Waals surface area contributed by atoms with Crippen molar-refractivity contribution in [2.75, 3.05) is 6.61 Å². The maximum absolute atomic E-state index is 10.7. The molecule has 0 bridgehead atoms. The molecule has 0 aromatic heterocycles. The van der Waals surface area contributed by atoms with Gasteiger partial charge >= 0.3 is 68.4 Å². The summed E-state index contributed by atoms with van der Waals surface area (Å²) in [6.45, 7) is 0.671. The molecule has 31 nitrogen and oxygen atoms in total. The van der Waals surface area contributed by atoms with Gasteiger partial charge in [-0.3, -0.25) is 59.4 Å². The Labute approximate surface area is 252 Å². The molecular weight excluding hydrogens is 782 g/mol. The molecule has 45 heavy (non-hydrogen) atoms. The largest absolute Gasteiger partial charge is 0.434 e. The maximum Gasteiger partial charge on any atom is 0.394 e. The molecule has 0 radical (unpaired) electrons. The van der Waals surface area contributed by atoms with E-state index in [2.05, 4.69) is 4.74 Å². The van der Waals surface area contributed by atoms with E-state index in [-0.39, 0.29) is 0 Å². The lowest BCUT2D eigenvalue weighted by Gasteiger charge is -2.39. The molecule has 0 spiro atoms. The van der Waals surface area contributed by atoms with Gasteiger partial charge < -0.3 is 30.5 Å². The highest BCUT2D eigenvalue weighted by molar-refractivity contribution is 7.81. The van der Waals surface area contributed by atoms with Gasteiger partial charge in [0.2, 0.25) is 6.29 Å². The van der Waals surface area contributed by atoms with Crippen molar-refractivity contribution in [3.8, 4) is 0 Å². The fourth-order valence-corrected chi connectivity index (χ4v) is 1.37. The molecule has 1 aliphatic heterocycles. The molecule has 1 rings (SSSR count). The van der Waals surface area contributed by atoms with Gasteiger partial charge in [-0.15, -0.1) is 0 Å². The molecule has 5 atom stereocenters. The second-order valence-electron chi connectivity index (χ2n) is 6.08. The van der Waals surface area contributed by atoms with Crippen molar-refractivity contribution in [2.45, 2.75) is 37.6 Å². The minimum atomic E-state index is -4.67. The standard InChI is InChI=1S/C8H15NO6.6H2O4S/c1-3(11)14-8-5(9)7(13)6(12)4(2-10)15-8;6*1-5(2,3)4/h4-8,10,12-13H,2,9H2,1H3;6*(H2,1,2,3,4)/t4-,5-,6+,7-,8?;;;;;;/m1....../s1. The summed E-state index contributed by atoms with van der Waals surface area (Å²) in [4.78, 5) is 10.7. The molecule has 17 N–H and O–H groups in total. The van der Waals surface area contributed by atoms with Gasteiger partial charge in [-0.2, -0.15) is 50.5 Å². The van der Waals surface area contributed by atoms with Crippen LogP contribution in [0.25, 0.3) is 0 Å². The van der Waals surface area contributed by atoms with Crippen molar-refractivity contribution in [1.29, 1.82) is 0 Å². The third-order valence-electron chi connectivity index (χ3n) is 2.21. The SMILES string of the molecule is CC(=O)OC1O[C@H](CO)[C@H](O)[C@H](O)[C@H]1N.O=S(=O)(O)O.O=S(=O)(O)O.O=S(=O)(O)O.O=S(=O)(O)O.O=S(=O)(O)O.O=S(=O)(O)O. The number of carbonyl (C=O) groups is 1. The van der Waals surface area contributed by atoms with E-state index < -0.39 is 106 Å². The van der Waals surface area contributed by atoms with Crippen LogP contribution in [0.5, 0.6) is 0 Å². The van der Waals surface area contributed by atoms with E-state index in [1.807, 2.05) is 0 Å². The first-order valence-corrected chi connectivity index (χ1v) is 17.1. The molecule has 37 heteroatoms. The third-order valence-corrected chi connectivity index (χ3v) is 2.21. The van der Waals surface area contributed by atoms with Gasteiger partial charge in [0.05, 0.1) is 12.6 Å². The van der Waals surface area contributed by atoms with Crippen molar-refractivity contribution >= 4 is 68.4 Å². The van der Waals surface area contributed by atoms with E-state index in [4.69, 9.17) is 121 Å². The summed E-state index contributed by atoms with van der Waals surface area (Å²) in [6, 6.07) is -1.04. The Bertz CT molecular complexity index is 1180. The molecule has 280 valence electrons. The van der Waals surface area contributed by atoms with Crippen molar-refractivity contribution in [2.24, 2.45) is 5.73 Å². The van der Waals surface area contributed by atoms with E-state index in [0.717, 1.165) is 0 Å². The van der Waals surface area contributed by atoms with E-state index in [9.17, 15) is 15.0 Å². The Balaban J connectivity index is -0.000000107. The average Bonchev–Trinajstić information content (AvgIpc) is 2.60. The fraction of sp³-hybridized carbons (Fsp3) is 0.875. The van der Waals surface area contributed by atoms with Crippen LogP contribution in [0.2, 0.25) is 0 Å². The van der Waals surface area contributed by atoms with Crippen LogP contribution in [-0.2, 0) is 76.7 Å². The van der Waals surface area contributed by atoms with Crippen molar-refractivity contribution in [3.63, 3.8) is 0 Å². The minimum absolute atomic E-state index is 0.497. The van der Waals surface area contributed by atoms with Crippen LogP contribution in [-0.4, -0.2) is 164 Å².